The van der Waals surface area contributed by atoms with Crippen molar-refractivity contribution in [1.82, 2.24) is 14.5 Å². The first kappa shape index (κ1) is 17.6. The van der Waals surface area contributed by atoms with Gasteiger partial charge < -0.3 is 9.47 Å². The number of benzene rings is 1. The third-order valence-corrected chi connectivity index (χ3v) is 6.06. The molecule has 4 nitrogen and oxygen atoms in total. The Balaban J connectivity index is 1.41. The van der Waals surface area contributed by atoms with Crippen LogP contribution >= 0.6 is 0 Å². The Hall–Kier alpha value is -1.81. The Morgan fingerprint density at radius 2 is 1.88 bits per heavy atom. The molecule has 4 rings (SSSR count). The smallest absolute Gasteiger partial charge is 0.105 e. The molecule has 4 heteroatoms. The summed E-state index contributed by atoms with van der Waals surface area (Å²) in [4.78, 5) is 9.65. The van der Waals surface area contributed by atoms with E-state index >= 15 is 0 Å². The second-order valence-corrected chi connectivity index (χ2v) is 8.05. The lowest BCUT2D eigenvalue weighted by Crippen LogP contribution is -2.37. The summed E-state index contributed by atoms with van der Waals surface area (Å²) in [6.45, 7) is 9.18. The van der Waals surface area contributed by atoms with Crippen LogP contribution in [0.15, 0.2) is 36.7 Å². The van der Waals surface area contributed by atoms with Gasteiger partial charge in [0.1, 0.15) is 5.82 Å². The number of hydrogen-bond donors (Lipinski definition) is 0. The lowest BCUT2D eigenvalue weighted by molar-refractivity contribution is 0.155. The van der Waals surface area contributed by atoms with Crippen LogP contribution in [0.2, 0.25) is 0 Å². The van der Waals surface area contributed by atoms with E-state index in [9.17, 15) is 0 Å². The number of anilines is 1. The van der Waals surface area contributed by atoms with E-state index in [4.69, 9.17) is 0 Å². The summed E-state index contributed by atoms with van der Waals surface area (Å²) in [5.41, 5.74) is 2.98. The van der Waals surface area contributed by atoms with E-state index in [1.54, 1.807) is 0 Å². The van der Waals surface area contributed by atoms with Crippen molar-refractivity contribution in [3.8, 4) is 0 Å². The van der Waals surface area contributed by atoms with E-state index in [1.807, 2.05) is 6.20 Å². The molecule has 140 valence electrons. The van der Waals surface area contributed by atoms with Crippen LogP contribution in [0.5, 0.6) is 0 Å². The fraction of sp³-hybridized carbons (Fsp3) is 0.591. The number of imidazole rings is 1. The van der Waals surface area contributed by atoms with Gasteiger partial charge in [0, 0.05) is 50.8 Å². The molecule has 2 aliphatic heterocycles. The zero-order valence-electron chi connectivity index (χ0n) is 16.1. The molecule has 0 saturated carbocycles. The largest absolute Gasteiger partial charge is 0.371 e. The Labute approximate surface area is 157 Å². The van der Waals surface area contributed by atoms with E-state index < -0.39 is 0 Å². The summed E-state index contributed by atoms with van der Waals surface area (Å²) in [7, 11) is 0. The van der Waals surface area contributed by atoms with Crippen LogP contribution in [-0.4, -0.2) is 40.6 Å². The molecule has 0 radical (unpaired) electrons. The fourth-order valence-corrected chi connectivity index (χ4v) is 4.65. The van der Waals surface area contributed by atoms with E-state index in [0.717, 1.165) is 24.8 Å². The van der Waals surface area contributed by atoms with Crippen LogP contribution in [0.3, 0.4) is 0 Å². The topological polar surface area (TPSA) is 24.3 Å². The SMILES string of the molecule is Cc1nccn1C[C@H]1CCCN(Cc2ccccc2N2CCCCC2)C1. The van der Waals surface area contributed by atoms with Gasteiger partial charge in [-0.25, -0.2) is 4.98 Å². The number of nitrogens with zero attached hydrogens (tertiary/aromatic N) is 4. The Morgan fingerprint density at radius 3 is 2.69 bits per heavy atom. The first-order valence-corrected chi connectivity index (χ1v) is 10.3. The monoisotopic (exact) mass is 352 g/mol. The second-order valence-electron chi connectivity index (χ2n) is 8.05. The van der Waals surface area contributed by atoms with Crippen molar-refractivity contribution in [3.05, 3.63) is 48.0 Å². The highest BCUT2D eigenvalue weighted by Crippen LogP contribution is 2.27. The number of rotatable bonds is 5. The molecule has 2 fully saturated rings. The highest BCUT2D eigenvalue weighted by molar-refractivity contribution is 5.53. The van der Waals surface area contributed by atoms with Crippen LogP contribution in [0.25, 0.3) is 0 Å². The zero-order chi connectivity index (χ0) is 17.8. The number of hydrogen-bond acceptors (Lipinski definition) is 3. The summed E-state index contributed by atoms with van der Waals surface area (Å²) in [5, 5.41) is 0. The van der Waals surface area contributed by atoms with Gasteiger partial charge in [0.25, 0.3) is 0 Å². The standard InChI is InChI=1S/C22H32N4/c1-19-23-11-15-26(19)17-20-8-7-12-24(16-20)18-21-9-3-4-10-22(21)25-13-5-2-6-14-25/h3-4,9-11,15,20H,2,5-8,12-14,16-18H2,1H3/t20-/m0/s1. The Kier molecular flexibility index (Phi) is 5.59. The predicted octanol–water partition coefficient (Wildman–Crippen LogP) is 4.09. The van der Waals surface area contributed by atoms with Gasteiger partial charge in [-0.2, -0.15) is 0 Å². The summed E-state index contributed by atoms with van der Waals surface area (Å²) >= 11 is 0. The summed E-state index contributed by atoms with van der Waals surface area (Å²) in [5.74, 6) is 1.87. The molecule has 0 N–H and O–H groups in total. The minimum Gasteiger partial charge on any atom is -0.371 e. The average Bonchev–Trinajstić information content (AvgIpc) is 3.08. The molecule has 1 atom stereocenters. The van der Waals surface area contributed by atoms with Crippen molar-refractivity contribution in [2.45, 2.75) is 52.1 Å². The van der Waals surface area contributed by atoms with Gasteiger partial charge in [0.2, 0.25) is 0 Å². The van der Waals surface area contributed by atoms with Crippen LogP contribution < -0.4 is 4.90 Å². The molecule has 3 heterocycles. The van der Waals surface area contributed by atoms with E-state index in [-0.39, 0.29) is 0 Å². The van der Waals surface area contributed by atoms with Gasteiger partial charge in [0.15, 0.2) is 0 Å². The van der Waals surface area contributed by atoms with E-state index in [2.05, 4.69) is 56.7 Å². The lowest BCUT2D eigenvalue weighted by atomic mass is 9.97. The molecule has 2 aromatic rings. The van der Waals surface area contributed by atoms with Crippen LogP contribution in [0.1, 0.15) is 43.5 Å². The number of aryl methyl sites for hydroxylation is 1. The Morgan fingerprint density at radius 1 is 1.04 bits per heavy atom. The van der Waals surface area contributed by atoms with E-state index in [1.165, 1.54) is 69.5 Å². The molecular weight excluding hydrogens is 320 g/mol. The van der Waals surface area contributed by atoms with Gasteiger partial charge in [-0.15, -0.1) is 0 Å². The number of piperidine rings is 2. The molecule has 0 unspecified atom stereocenters. The van der Waals surface area contributed by atoms with Crippen molar-refractivity contribution >= 4 is 5.69 Å². The highest BCUT2D eigenvalue weighted by atomic mass is 15.2. The maximum atomic E-state index is 4.38. The first-order valence-electron chi connectivity index (χ1n) is 10.3. The quantitative estimate of drug-likeness (QED) is 0.810. The molecule has 1 aromatic heterocycles. The molecule has 2 aliphatic rings. The maximum absolute atomic E-state index is 4.38. The minimum atomic E-state index is 0.735. The normalized spacial score (nSPS) is 21.9. The predicted molar refractivity (Wildman–Crippen MR) is 107 cm³/mol. The minimum absolute atomic E-state index is 0.735. The molecular formula is C22H32N4. The highest BCUT2D eigenvalue weighted by Gasteiger charge is 2.22. The lowest BCUT2D eigenvalue weighted by Gasteiger charge is -2.35. The van der Waals surface area contributed by atoms with Crippen molar-refractivity contribution < 1.29 is 0 Å². The second kappa shape index (κ2) is 8.26. The van der Waals surface area contributed by atoms with Crippen molar-refractivity contribution in [2.75, 3.05) is 31.1 Å². The molecule has 0 amide bonds. The van der Waals surface area contributed by atoms with Crippen molar-refractivity contribution in [3.63, 3.8) is 0 Å². The zero-order valence-corrected chi connectivity index (χ0v) is 16.1. The van der Waals surface area contributed by atoms with Crippen LogP contribution in [0.4, 0.5) is 5.69 Å². The molecule has 0 aliphatic carbocycles. The molecule has 26 heavy (non-hydrogen) atoms. The number of likely N-dealkylation sites (tertiary alicyclic amines) is 1. The van der Waals surface area contributed by atoms with Crippen molar-refractivity contribution in [2.24, 2.45) is 5.92 Å². The molecule has 2 saturated heterocycles. The summed E-state index contributed by atoms with van der Waals surface area (Å²) < 4.78 is 2.32. The van der Waals surface area contributed by atoms with Crippen LogP contribution in [-0.2, 0) is 13.1 Å². The van der Waals surface area contributed by atoms with Gasteiger partial charge in [-0.1, -0.05) is 18.2 Å². The average molecular weight is 353 g/mol. The number of para-hydroxylation sites is 1. The number of aromatic nitrogens is 2. The third-order valence-electron chi connectivity index (χ3n) is 6.06. The fourth-order valence-electron chi connectivity index (χ4n) is 4.65. The van der Waals surface area contributed by atoms with Gasteiger partial charge in [0.05, 0.1) is 0 Å². The maximum Gasteiger partial charge on any atom is 0.105 e. The first-order chi connectivity index (χ1) is 12.8. The molecule has 1 aromatic carbocycles. The third kappa shape index (κ3) is 4.12. The Bertz CT molecular complexity index is 702. The van der Waals surface area contributed by atoms with Gasteiger partial charge >= 0.3 is 0 Å². The summed E-state index contributed by atoms with van der Waals surface area (Å²) in [6.07, 6.45) is 10.8. The van der Waals surface area contributed by atoms with Crippen molar-refractivity contribution in [1.29, 1.82) is 0 Å². The molecule has 0 bridgehead atoms. The molecule has 0 spiro atoms. The van der Waals surface area contributed by atoms with E-state index in [0.29, 0.717) is 0 Å². The van der Waals surface area contributed by atoms with Gasteiger partial charge in [-0.05, 0) is 63.1 Å². The van der Waals surface area contributed by atoms with Crippen LogP contribution in [0, 0.1) is 12.8 Å². The van der Waals surface area contributed by atoms with Gasteiger partial charge in [-0.3, -0.25) is 4.90 Å². The summed E-state index contributed by atoms with van der Waals surface area (Å²) in [6, 6.07) is 9.08.